The van der Waals surface area contributed by atoms with Gasteiger partial charge in [-0.2, -0.15) is 0 Å². The van der Waals surface area contributed by atoms with E-state index in [0.717, 1.165) is 68.9 Å². The van der Waals surface area contributed by atoms with Gasteiger partial charge in [-0.25, -0.2) is 0 Å². The highest BCUT2D eigenvalue weighted by Crippen LogP contribution is 2.48. The molecule has 0 fully saturated rings. The molecular weight excluding hydrogens is 1600 g/mol. The molecule has 0 aromatic heterocycles. The average Bonchev–Trinajstić information content (AvgIpc) is 0.816. The first-order valence-corrected chi connectivity index (χ1v) is 46.9. The Morgan fingerprint density at radius 3 is 0.800 bits per heavy atom. The standard InChI is InChI=1S/C44H60O4.C40H56O2.2C18H26O2/c1-31(19-15-21-33(3)23-25-41-35(5)27-39(47-37(7)45)29-43(41,9)10)17-13-14-18-32(2)20-16-22-34(4)24-26-42-36(6)28-40(48-38(8)46)30-44(42,11)12;1-29(17-13-19-31(3)21-23-37-33(5)25-35(41)27-39(37,7)8)15-11-12-16-30(2)18-14-20-32(4)22-24-38-34(6)26-36(42)28-40(38,9)10;2*1-13(7-6-8-15(3)19)9-10-17-14(2)11-16(20)12-18(17,4)5/h13-27,39-41H,28-30H2,1-12H3;11-25,35-37,41-42H,26-28H2,1-10H3;6-10,16,20H,11-12H2,1-5H3;6-11,16-17,20H,12H2,1-5H3/b14-13+,19-15+,20-16+,25-23+,26-24+,31-17+,32-18+,33-21+,34-22+;12-11+,17-13+,18-14+,23-21+,24-22+,29-15+,30-16+,31-19+,32-20+;2*8-6+,10-9+,13-7+/t39-,40+,41-;35-,36+,37-;16-;16-,17-/m0010/s1. The Morgan fingerprint density at radius 1 is 0.292 bits per heavy atom. The molecule has 0 bridgehead atoms. The number of ketones is 2. The summed E-state index contributed by atoms with van der Waals surface area (Å²) in [5.41, 5.74) is 23.3. The maximum Gasteiger partial charge on any atom is 0.303 e. The lowest BCUT2D eigenvalue weighted by atomic mass is 9.67. The van der Waals surface area contributed by atoms with E-state index >= 15 is 0 Å². The fraction of sp³-hybridized carbons (Fsp3) is 0.467. The molecule has 0 aromatic carbocycles. The Balaban J connectivity index is 0.000000478. The monoisotopic (exact) mass is 1770 g/mol. The van der Waals surface area contributed by atoms with Crippen LogP contribution in [0.15, 0.2) is 355 Å². The molecule has 6 aliphatic carbocycles. The zero-order chi connectivity index (χ0) is 98.2. The molecule has 0 aliphatic heterocycles. The second kappa shape index (κ2) is 55.0. The molecule has 0 aromatic rings. The molecule has 0 saturated heterocycles. The highest BCUT2D eigenvalue weighted by atomic mass is 16.5. The predicted molar refractivity (Wildman–Crippen MR) is 556 cm³/mol. The first-order chi connectivity index (χ1) is 60.4. The van der Waals surface area contributed by atoms with Crippen LogP contribution in [0, 0.1) is 50.2 Å². The summed E-state index contributed by atoms with van der Waals surface area (Å²) >= 11 is 0. The maximum atomic E-state index is 11.4. The summed E-state index contributed by atoms with van der Waals surface area (Å²) in [6.45, 7) is 66.2. The number of aliphatic hydroxyl groups is 4. The largest absolute Gasteiger partial charge is 0.462 e. The van der Waals surface area contributed by atoms with Crippen molar-refractivity contribution in [2.45, 2.75) is 316 Å². The number of carbonyl (C=O) groups excluding carboxylic acids is 4. The number of allylic oxidation sites excluding steroid dienone is 54. The third kappa shape index (κ3) is 44.0. The Hall–Kier alpha value is -9.68. The second-order valence-corrected chi connectivity index (χ2v) is 41.4. The van der Waals surface area contributed by atoms with Crippen LogP contribution in [0.4, 0.5) is 0 Å². The van der Waals surface area contributed by atoms with E-state index in [0.29, 0.717) is 17.8 Å². The number of ether oxygens (including phenoxy) is 2. The first-order valence-electron chi connectivity index (χ1n) is 46.9. The van der Waals surface area contributed by atoms with Crippen molar-refractivity contribution in [3.63, 3.8) is 0 Å². The summed E-state index contributed by atoms with van der Waals surface area (Å²) in [5.74, 6) is 0.667. The van der Waals surface area contributed by atoms with Gasteiger partial charge in [0.25, 0.3) is 0 Å². The van der Waals surface area contributed by atoms with Crippen LogP contribution < -0.4 is 0 Å². The van der Waals surface area contributed by atoms with Gasteiger partial charge in [-0.1, -0.05) is 403 Å². The lowest BCUT2D eigenvalue weighted by Gasteiger charge is -2.39. The maximum absolute atomic E-state index is 11.4. The van der Waals surface area contributed by atoms with Gasteiger partial charge in [0.1, 0.15) is 12.2 Å². The molecule has 0 unspecified atom stereocenters. The smallest absolute Gasteiger partial charge is 0.303 e. The topological polar surface area (TPSA) is 168 Å². The van der Waals surface area contributed by atoms with E-state index in [-0.39, 0.29) is 92.6 Å². The van der Waals surface area contributed by atoms with Gasteiger partial charge in [-0.15, -0.1) is 0 Å². The van der Waals surface area contributed by atoms with E-state index < -0.39 is 0 Å². The van der Waals surface area contributed by atoms with Gasteiger partial charge in [-0.05, 0) is 243 Å². The summed E-state index contributed by atoms with van der Waals surface area (Å²) in [4.78, 5) is 44.5. The van der Waals surface area contributed by atoms with Gasteiger partial charge in [0, 0.05) is 38.0 Å². The number of esters is 2. The molecule has 708 valence electrons. The molecule has 10 nitrogen and oxygen atoms in total. The van der Waals surface area contributed by atoms with Gasteiger partial charge < -0.3 is 29.9 Å². The van der Waals surface area contributed by atoms with Crippen LogP contribution in [0.5, 0.6) is 0 Å². The minimum atomic E-state index is -0.331. The van der Waals surface area contributed by atoms with E-state index in [1.807, 2.05) is 38.2 Å². The first kappa shape index (κ1) is 114. The van der Waals surface area contributed by atoms with Crippen LogP contribution >= 0.6 is 0 Å². The summed E-state index contributed by atoms with van der Waals surface area (Å²) < 4.78 is 11.0. The highest BCUT2D eigenvalue weighted by molar-refractivity contribution is 5.88. The van der Waals surface area contributed by atoms with Crippen LogP contribution in [0.2, 0.25) is 0 Å². The lowest BCUT2D eigenvalue weighted by Crippen LogP contribution is -2.34. The Bertz CT molecular complexity index is 4890. The van der Waals surface area contributed by atoms with Crippen molar-refractivity contribution < 1.29 is 49.1 Å². The summed E-state index contributed by atoms with van der Waals surface area (Å²) in [7, 11) is 0. The number of aliphatic hydroxyl groups excluding tert-OH is 4. The molecule has 4 N–H and O–H groups in total. The van der Waals surface area contributed by atoms with Crippen LogP contribution in [0.1, 0.15) is 279 Å². The summed E-state index contributed by atoms with van der Waals surface area (Å²) in [6, 6.07) is 0. The van der Waals surface area contributed by atoms with Crippen molar-refractivity contribution in [2.24, 2.45) is 50.2 Å². The molecule has 6 rings (SSSR count). The minimum Gasteiger partial charge on any atom is -0.462 e. The highest BCUT2D eigenvalue weighted by Gasteiger charge is 2.39. The van der Waals surface area contributed by atoms with Gasteiger partial charge in [-0.3, -0.25) is 19.2 Å². The number of hydrogen-bond donors (Lipinski definition) is 4. The molecule has 0 amide bonds. The molecule has 10 heteroatoms. The van der Waals surface area contributed by atoms with E-state index in [2.05, 4.69) is 381 Å². The third-order valence-electron chi connectivity index (χ3n) is 24.7. The van der Waals surface area contributed by atoms with Gasteiger partial charge in [0.2, 0.25) is 0 Å². The van der Waals surface area contributed by atoms with E-state index in [1.165, 1.54) is 109 Å². The Labute approximate surface area is 789 Å². The molecule has 0 radical (unpaired) electrons. The van der Waals surface area contributed by atoms with Crippen molar-refractivity contribution in [1.82, 2.24) is 0 Å². The van der Waals surface area contributed by atoms with Crippen molar-refractivity contribution in [1.29, 1.82) is 0 Å². The van der Waals surface area contributed by atoms with E-state index in [4.69, 9.17) is 9.47 Å². The number of carbonyl (C=O) groups is 4. The normalized spacial score (nSPS) is 25.4. The van der Waals surface area contributed by atoms with E-state index in [9.17, 15) is 39.6 Å². The average molecular weight is 1770 g/mol. The molecular formula is C120H168O10. The summed E-state index contributed by atoms with van der Waals surface area (Å²) in [6.07, 6.45) is 90.8. The molecule has 0 saturated carbocycles. The van der Waals surface area contributed by atoms with Gasteiger partial charge >= 0.3 is 11.9 Å². The summed E-state index contributed by atoms with van der Waals surface area (Å²) in [5, 5.41) is 39.9. The Kier molecular flexibility index (Phi) is 48.4. The SMILES string of the molecule is CC(=O)/C=C/C=C(C)/C=C/C1=C(C)C[C@@H](O)CC1(C)C.CC(=O)/C=C/C=C(C)/C=C/[C@H]1C(C)=C[C@H](O)CC1(C)C.CC(=O)O[C@@H]1CC(C)=C(/C=C/C(C)=C/C=C/C(C)=C/C=C/C=C(C)/C=C/C=C(C)/C=C/[C@H]2C(C)=C[C@H](OC(C)=O)CC2(C)C)C(C)(C)C1.CC1=C[C@H](O)CC(C)(C)[C@H]1/C=C/C(C)=C/C=C/C(C)=C/C=C/C=C(C)/C=C/C=C(C)/C=C/C1=C(C)C[C@@H](O)CC1(C)C. The lowest BCUT2D eigenvalue weighted by molar-refractivity contribution is -0.148. The third-order valence-corrected chi connectivity index (χ3v) is 24.7. The van der Waals surface area contributed by atoms with E-state index in [1.54, 1.807) is 38.2 Å². The minimum absolute atomic E-state index is 0.00528. The van der Waals surface area contributed by atoms with Crippen molar-refractivity contribution in [2.75, 3.05) is 0 Å². The van der Waals surface area contributed by atoms with Gasteiger partial charge in [0.05, 0.1) is 24.4 Å². The molecule has 0 heterocycles. The van der Waals surface area contributed by atoms with Crippen molar-refractivity contribution in [3.8, 4) is 0 Å². The van der Waals surface area contributed by atoms with Crippen LogP contribution in [0.25, 0.3) is 0 Å². The number of hydrogen-bond acceptors (Lipinski definition) is 10. The fourth-order valence-electron chi connectivity index (χ4n) is 18.4. The number of rotatable bonds is 30. The Morgan fingerprint density at radius 2 is 0.538 bits per heavy atom. The molecule has 130 heavy (non-hydrogen) atoms. The van der Waals surface area contributed by atoms with Crippen LogP contribution in [-0.2, 0) is 28.7 Å². The predicted octanol–water partition coefficient (Wildman–Crippen LogP) is 30.1. The van der Waals surface area contributed by atoms with Crippen molar-refractivity contribution in [3.05, 3.63) is 355 Å². The van der Waals surface area contributed by atoms with Crippen LogP contribution in [0.3, 0.4) is 0 Å². The van der Waals surface area contributed by atoms with Crippen molar-refractivity contribution >= 4 is 23.5 Å². The second-order valence-electron chi connectivity index (χ2n) is 41.4. The zero-order valence-corrected chi connectivity index (χ0v) is 86.0. The zero-order valence-electron chi connectivity index (χ0n) is 86.0. The molecule has 9 atom stereocenters. The fourth-order valence-corrected chi connectivity index (χ4v) is 18.4. The quantitative estimate of drug-likeness (QED) is 0.0235. The van der Waals surface area contributed by atoms with Crippen LogP contribution in [-0.4, -0.2) is 80.6 Å². The van der Waals surface area contributed by atoms with Gasteiger partial charge in [0.15, 0.2) is 11.6 Å². The molecule has 0 spiro atoms. The molecule has 6 aliphatic rings.